The van der Waals surface area contributed by atoms with Gasteiger partial charge in [0.2, 0.25) is 11.5 Å². The average Bonchev–Trinajstić information content (AvgIpc) is 3.10. The first kappa shape index (κ1) is 23.0. The number of nitrogens with zero attached hydrogens (tertiary/aromatic N) is 1. The number of phenolic OH excluding ortho intramolecular Hbond substituents is 1. The van der Waals surface area contributed by atoms with Crippen LogP contribution in [0.25, 0.3) is 6.08 Å². The monoisotopic (exact) mass is 453 g/mol. The van der Waals surface area contributed by atoms with Crippen LogP contribution in [0.3, 0.4) is 0 Å². The number of fused-ring (bicyclic) bond motifs is 1. The Hall–Kier alpha value is -3.19. The lowest BCUT2D eigenvalue weighted by Crippen LogP contribution is -2.38. The first-order valence-electron chi connectivity index (χ1n) is 11.2. The molecular weight excluding hydrogens is 422 g/mol. The quantitative estimate of drug-likeness (QED) is 0.645. The van der Waals surface area contributed by atoms with Crippen LogP contribution in [-0.4, -0.2) is 50.2 Å². The van der Waals surface area contributed by atoms with Crippen LogP contribution in [0, 0.1) is 11.8 Å². The molecule has 2 aliphatic rings. The third kappa shape index (κ3) is 4.37. The summed E-state index contributed by atoms with van der Waals surface area (Å²) < 4.78 is 22.4. The van der Waals surface area contributed by atoms with Crippen LogP contribution in [0.4, 0.5) is 0 Å². The minimum atomic E-state index is -0.233. The minimum absolute atomic E-state index is 0.136. The van der Waals surface area contributed by atoms with E-state index in [9.17, 15) is 9.90 Å². The van der Waals surface area contributed by atoms with Crippen molar-refractivity contribution in [2.24, 2.45) is 11.8 Å². The molecule has 176 valence electrons. The predicted molar refractivity (Wildman–Crippen MR) is 125 cm³/mol. The highest BCUT2D eigenvalue weighted by Crippen LogP contribution is 2.44. The number of phenols is 1. The van der Waals surface area contributed by atoms with Crippen LogP contribution in [0.1, 0.15) is 41.8 Å². The minimum Gasteiger partial charge on any atom is -0.507 e. The van der Waals surface area contributed by atoms with Crippen molar-refractivity contribution in [3.63, 3.8) is 0 Å². The molecular formula is C26H31NO6. The number of hydrogen-bond donors (Lipinski definition) is 1. The zero-order valence-corrected chi connectivity index (χ0v) is 19.8. The zero-order valence-electron chi connectivity index (χ0n) is 19.8. The van der Waals surface area contributed by atoms with Crippen molar-refractivity contribution in [3.8, 4) is 28.7 Å². The Morgan fingerprint density at radius 3 is 2.36 bits per heavy atom. The standard InChI is InChI=1S/C26H31NO6/c1-15-10-16(2)13-27(12-15)14-19-20(28)8-7-18-23(29)22(33-25(18)19)11-17-6-9-21(30-3)26(32-5)24(17)31-4/h6-9,11,15-16,28H,10,12-14H2,1-5H3/b22-11-/t15-,16-/m0/s1. The number of benzene rings is 2. The van der Waals surface area contributed by atoms with E-state index in [1.807, 2.05) is 0 Å². The summed E-state index contributed by atoms with van der Waals surface area (Å²) in [6, 6.07) is 6.72. The number of methoxy groups -OCH3 is 3. The Bertz CT molecular complexity index is 1080. The first-order chi connectivity index (χ1) is 15.9. The second kappa shape index (κ2) is 9.35. The number of carbonyl (C=O) groups excluding carboxylic acids is 1. The molecule has 2 heterocycles. The molecule has 33 heavy (non-hydrogen) atoms. The summed E-state index contributed by atoms with van der Waals surface area (Å²) in [5, 5.41) is 10.6. The fraction of sp³-hybridized carbons (Fsp3) is 0.423. The maximum absolute atomic E-state index is 13.2. The number of aromatic hydroxyl groups is 1. The molecule has 0 unspecified atom stereocenters. The van der Waals surface area contributed by atoms with Crippen LogP contribution >= 0.6 is 0 Å². The van der Waals surface area contributed by atoms with Gasteiger partial charge in [0, 0.05) is 25.2 Å². The number of ketones is 1. The molecule has 0 spiro atoms. The number of hydrogen-bond acceptors (Lipinski definition) is 7. The van der Waals surface area contributed by atoms with Gasteiger partial charge in [-0.2, -0.15) is 0 Å². The van der Waals surface area contributed by atoms with E-state index in [0.29, 0.717) is 58.1 Å². The maximum Gasteiger partial charge on any atom is 0.231 e. The molecule has 7 nitrogen and oxygen atoms in total. The molecule has 2 aromatic carbocycles. The van der Waals surface area contributed by atoms with Crippen LogP contribution in [0.2, 0.25) is 0 Å². The Labute approximate surface area is 194 Å². The molecule has 1 N–H and O–H groups in total. The van der Waals surface area contributed by atoms with E-state index < -0.39 is 0 Å². The molecule has 2 aromatic rings. The van der Waals surface area contributed by atoms with Crippen LogP contribution in [0.5, 0.6) is 28.7 Å². The van der Waals surface area contributed by atoms with Crippen LogP contribution in [-0.2, 0) is 6.54 Å². The Morgan fingerprint density at radius 1 is 1.03 bits per heavy atom. The molecule has 0 bridgehead atoms. The van der Waals surface area contributed by atoms with E-state index in [4.69, 9.17) is 18.9 Å². The van der Waals surface area contributed by atoms with Crippen molar-refractivity contribution in [2.45, 2.75) is 26.8 Å². The summed E-state index contributed by atoms with van der Waals surface area (Å²) in [6.07, 6.45) is 2.83. The fourth-order valence-electron chi connectivity index (χ4n) is 4.97. The van der Waals surface area contributed by atoms with Gasteiger partial charge in [-0.1, -0.05) is 13.8 Å². The highest BCUT2D eigenvalue weighted by molar-refractivity contribution is 6.15. The molecule has 2 atom stereocenters. The smallest absolute Gasteiger partial charge is 0.231 e. The van der Waals surface area contributed by atoms with Crippen LogP contribution in [0.15, 0.2) is 30.0 Å². The number of likely N-dealkylation sites (tertiary alicyclic amines) is 1. The second-order valence-electron chi connectivity index (χ2n) is 8.94. The van der Waals surface area contributed by atoms with Gasteiger partial charge in [0.05, 0.1) is 32.5 Å². The summed E-state index contributed by atoms with van der Waals surface area (Å²) >= 11 is 0. The van der Waals surface area contributed by atoms with Crippen molar-refractivity contribution >= 4 is 11.9 Å². The molecule has 0 aliphatic carbocycles. The van der Waals surface area contributed by atoms with E-state index in [-0.39, 0.29) is 17.3 Å². The van der Waals surface area contributed by atoms with E-state index in [0.717, 1.165) is 13.1 Å². The molecule has 1 saturated heterocycles. The largest absolute Gasteiger partial charge is 0.507 e. The Morgan fingerprint density at radius 2 is 1.73 bits per heavy atom. The summed E-state index contributed by atoms with van der Waals surface area (Å²) in [4.78, 5) is 15.5. The summed E-state index contributed by atoms with van der Waals surface area (Å²) in [6.45, 7) is 6.93. The van der Waals surface area contributed by atoms with Gasteiger partial charge in [0.1, 0.15) is 11.5 Å². The highest BCUT2D eigenvalue weighted by Gasteiger charge is 2.33. The van der Waals surface area contributed by atoms with Crippen molar-refractivity contribution in [2.75, 3.05) is 34.4 Å². The lowest BCUT2D eigenvalue weighted by molar-refractivity contribution is 0.101. The van der Waals surface area contributed by atoms with Gasteiger partial charge in [-0.25, -0.2) is 0 Å². The van der Waals surface area contributed by atoms with Gasteiger partial charge in [0.15, 0.2) is 17.3 Å². The summed E-state index contributed by atoms with van der Waals surface area (Å²) in [5.74, 6) is 3.07. The lowest BCUT2D eigenvalue weighted by atomic mass is 9.91. The predicted octanol–water partition coefficient (Wildman–Crippen LogP) is 4.51. The van der Waals surface area contributed by atoms with E-state index >= 15 is 0 Å². The zero-order chi connectivity index (χ0) is 23.7. The molecule has 7 heteroatoms. The van der Waals surface area contributed by atoms with Gasteiger partial charge >= 0.3 is 0 Å². The topological polar surface area (TPSA) is 77.5 Å². The number of rotatable bonds is 6. The van der Waals surface area contributed by atoms with E-state index in [1.54, 1.807) is 37.5 Å². The molecule has 0 radical (unpaired) electrons. The summed E-state index contributed by atoms with van der Waals surface area (Å²) in [7, 11) is 4.61. The summed E-state index contributed by atoms with van der Waals surface area (Å²) in [5.41, 5.74) is 1.71. The van der Waals surface area contributed by atoms with Gasteiger partial charge in [-0.15, -0.1) is 0 Å². The molecule has 2 aliphatic heterocycles. The third-order valence-corrected chi connectivity index (χ3v) is 6.26. The number of ether oxygens (including phenoxy) is 4. The molecule has 1 fully saturated rings. The van der Waals surface area contributed by atoms with Gasteiger partial charge in [0.25, 0.3) is 0 Å². The molecule has 0 aromatic heterocycles. The van der Waals surface area contributed by atoms with E-state index in [1.165, 1.54) is 20.6 Å². The molecule has 0 amide bonds. The fourth-order valence-corrected chi connectivity index (χ4v) is 4.97. The lowest BCUT2D eigenvalue weighted by Gasteiger charge is -2.35. The first-order valence-corrected chi connectivity index (χ1v) is 11.2. The third-order valence-electron chi connectivity index (χ3n) is 6.26. The van der Waals surface area contributed by atoms with Gasteiger partial charge in [-0.3, -0.25) is 9.69 Å². The van der Waals surface area contributed by atoms with Crippen molar-refractivity contribution in [1.29, 1.82) is 0 Å². The van der Waals surface area contributed by atoms with E-state index in [2.05, 4.69) is 18.7 Å². The number of piperidine rings is 1. The number of allylic oxidation sites excluding steroid dienone is 1. The van der Waals surface area contributed by atoms with Crippen LogP contribution < -0.4 is 18.9 Å². The average molecular weight is 454 g/mol. The van der Waals surface area contributed by atoms with Gasteiger partial charge in [-0.05, 0) is 48.6 Å². The molecule has 0 saturated carbocycles. The maximum atomic E-state index is 13.2. The Balaban J connectivity index is 1.68. The number of carbonyl (C=O) groups is 1. The number of Topliss-reactive ketones (excluding diaryl/α,β-unsaturated/α-hetero) is 1. The van der Waals surface area contributed by atoms with Crippen molar-refractivity contribution < 1.29 is 28.8 Å². The van der Waals surface area contributed by atoms with Crippen molar-refractivity contribution in [1.82, 2.24) is 4.90 Å². The van der Waals surface area contributed by atoms with Crippen molar-refractivity contribution in [3.05, 3.63) is 46.7 Å². The highest BCUT2D eigenvalue weighted by atomic mass is 16.5. The SMILES string of the molecule is COc1ccc(/C=C2\Oc3c(ccc(O)c3CN3C[C@@H](C)C[C@H](C)C3)C2=O)c(OC)c1OC. The normalized spacial score (nSPS) is 21.6. The Kier molecular flexibility index (Phi) is 6.51. The second-order valence-corrected chi connectivity index (χ2v) is 8.94. The molecule has 4 rings (SSSR count). The van der Waals surface area contributed by atoms with Gasteiger partial charge < -0.3 is 24.1 Å².